The summed E-state index contributed by atoms with van der Waals surface area (Å²) in [5.41, 5.74) is 0.860. The van der Waals surface area contributed by atoms with Crippen molar-refractivity contribution in [2.45, 2.75) is 0 Å². The Kier molecular flexibility index (Phi) is 4.75. The first kappa shape index (κ1) is 17.0. The number of hydrogen-bond donors (Lipinski definition) is 1. The van der Waals surface area contributed by atoms with Gasteiger partial charge in [0, 0.05) is 25.0 Å². The molecule has 3 rings (SSSR count). The van der Waals surface area contributed by atoms with Crippen LogP contribution in [-0.4, -0.2) is 45.4 Å². The van der Waals surface area contributed by atoms with E-state index in [-0.39, 0.29) is 25.8 Å². The van der Waals surface area contributed by atoms with Crippen molar-refractivity contribution in [2.24, 2.45) is 0 Å². The number of sulfonamides is 1. The van der Waals surface area contributed by atoms with Crippen LogP contribution < -0.4 is 19.1 Å². The van der Waals surface area contributed by atoms with E-state index in [1.54, 1.807) is 36.5 Å². The number of aromatic nitrogens is 1. The number of nitrogens with zero attached hydrogens (tertiary/aromatic N) is 2. The Morgan fingerprint density at radius 3 is 2.80 bits per heavy atom. The van der Waals surface area contributed by atoms with E-state index >= 15 is 0 Å². The molecule has 0 unspecified atom stereocenters. The van der Waals surface area contributed by atoms with Crippen molar-refractivity contribution in [3.05, 3.63) is 48.3 Å². The average molecular weight is 363 g/mol. The largest absolute Gasteiger partial charge is 0.454 e. The van der Waals surface area contributed by atoms with Crippen LogP contribution in [0.1, 0.15) is 10.4 Å². The highest BCUT2D eigenvalue weighted by Crippen LogP contribution is 2.35. The molecule has 1 N–H and O–H groups in total. The van der Waals surface area contributed by atoms with E-state index < -0.39 is 10.0 Å². The second-order valence-electron chi connectivity index (χ2n) is 5.37. The Morgan fingerprint density at radius 1 is 1.28 bits per heavy atom. The van der Waals surface area contributed by atoms with Crippen molar-refractivity contribution in [1.82, 2.24) is 10.3 Å². The predicted molar refractivity (Wildman–Crippen MR) is 91.3 cm³/mol. The third-order valence-corrected chi connectivity index (χ3v) is 4.76. The smallest absolute Gasteiger partial charge is 0.252 e. The first-order valence-electron chi connectivity index (χ1n) is 7.51. The van der Waals surface area contributed by atoms with E-state index in [0.717, 1.165) is 6.26 Å². The highest BCUT2D eigenvalue weighted by atomic mass is 32.2. The molecule has 1 aromatic carbocycles. The molecule has 1 aliphatic rings. The number of pyridine rings is 1. The molecule has 1 aromatic heterocycles. The summed E-state index contributed by atoms with van der Waals surface area (Å²) in [6.45, 7) is 0.346. The van der Waals surface area contributed by atoms with E-state index in [9.17, 15) is 13.2 Å². The second kappa shape index (κ2) is 6.98. The molecular weight excluding hydrogens is 346 g/mol. The average Bonchev–Trinajstić information content (AvgIpc) is 3.05. The molecule has 0 saturated heterocycles. The third kappa shape index (κ3) is 4.00. The summed E-state index contributed by atoms with van der Waals surface area (Å²) in [6, 6.07) is 8.19. The first-order valence-corrected chi connectivity index (χ1v) is 9.35. The number of fused-ring (bicyclic) bond motifs is 1. The Bertz CT molecular complexity index is 871. The monoisotopic (exact) mass is 363 g/mol. The zero-order chi connectivity index (χ0) is 17.9. The van der Waals surface area contributed by atoms with Gasteiger partial charge in [0.2, 0.25) is 16.8 Å². The molecule has 2 aromatic rings. The maximum absolute atomic E-state index is 12.1. The van der Waals surface area contributed by atoms with E-state index in [0.29, 0.717) is 22.7 Å². The van der Waals surface area contributed by atoms with Crippen LogP contribution in [0.3, 0.4) is 0 Å². The molecule has 0 saturated carbocycles. The summed E-state index contributed by atoms with van der Waals surface area (Å²) in [7, 11) is -3.52. The van der Waals surface area contributed by atoms with E-state index in [2.05, 4.69) is 10.3 Å². The molecule has 0 aliphatic carbocycles. The number of carbonyl (C=O) groups is 1. The summed E-state index contributed by atoms with van der Waals surface area (Å²) in [6.07, 6.45) is 4.13. The standard InChI is InChI=1S/C16H17N3O5S/c1-25(21,22)19(13-4-5-14-15(9-13)24-11-23-14)8-7-18-16(20)12-3-2-6-17-10-12/h2-6,9-10H,7-8,11H2,1H3,(H,18,20). The van der Waals surface area contributed by atoms with Gasteiger partial charge in [-0.3, -0.25) is 14.1 Å². The van der Waals surface area contributed by atoms with Crippen molar-refractivity contribution in [3.8, 4) is 11.5 Å². The Balaban J connectivity index is 1.69. The topological polar surface area (TPSA) is 97.8 Å². The number of carbonyl (C=O) groups excluding carboxylic acids is 1. The molecule has 1 amide bonds. The van der Waals surface area contributed by atoms with Crippen LogP contribution in [0.5, 0.6) is 11.5 Å². The maximum Gasteiger partial charge on any atom is 0.252 e. The number of anilines is 1. The van der Waals surface area contributed by atoms with Crippen LogP contribution in [-0.2, 0) is 10.0 Å². The molecule has 0 bridgehead atoms. The summed E-state index contributed by atoms with van der Waals surface area (Å²) >= 11 is 0. The lowest BCUT2D eigenvalue weighted by molar-refractivity contribution is 0.0954. The Morgan fingerprint density at radius 2 is 2.08 bits per heavy atom. The van der Waals surface area contributed by atoms with Gasteiger partial charge in [0.05, 0.1) is 24.1 Å². The molecule has 9 heteroatoms. The van der Waals surface area contributed by atoms with Crippen LogP contribution in [0.15, 0.2) is 42.7 Å². The number of ether oxygens (including phenoxy) is 2. The minimum absolute atomic E-state index is 0.0878. The second-order valence-corrected chi connectivity index (χ2v) is 7.28. The Hall–Kier alpha value is -2.81. The molecule has 0 atom stereocenters. The van der Waals surface area contributed by atoms with Crippen molar-refractivity contribution in [1.29, 1.82) is 0 Å². The Labute approximate surface area is 145 Å². The summed E-state index contributed by atoms with van der Waals surface area (Å²) < 4.78 is 35.9. The molecule has 25 heavy (non-hydrogen) atoms. The molecule has 1 aliphatic heterocycles. The van der Waals surface area contributed by atoms with Crippen molar-refractivity contribution < 1.29 is 22.7 Å². The quantitative estimate of drug-likeness (QED) is 0.822. The van der Waals surface area contributed by atoms with Crippen molar-refractivity contribution >= 4 is 21.6 Å². The van der Waals surface area contributed by atoms with Gasteiger partial charge in [-0.25, -0.2) is 8.42 Å². The van der Waals surface area contributed by atoms with Gasteiger partial charge < -0.3 is 14.8 Å². The van der Waals surface area contributed by atoms with Gasteiger partial charge in [0.1, 0.15) is 0 Å². The van der Waals surface area contributed by atoms with Gasteiger partial charge >= 0.3 is 0 Å². The SMILES string of the molecule is CS(=O)(=O)N(CCNC(=O)c1cccnc1)c1ccc2c(c1)OCO2. The minimum Gasteiger partial charge on any atom is -0.454 e. The van der Waals surface area contributed by atoms with Gasteiger partial charge in [0.15, 0.2) is 11.5 Å². The van der Waals surface area contributed by atoms with Gasteiger partial charge in [-0.1, -0.05) is 0 Å². The minimum atomic E-state index is -3.52. The lowest BCUT2D eigenvalue weighted by Gasteiger charge is -2.22. The fraction of sp³-hybridized carbons (Fsp3) is 0.250. The zero-order valence-corrected chi connectivity index (χ0v) is 14.3. The summed E-state index contributed by atoms with van der Waals surface area (Å²) in [5.74, 6) is 0.750. The van der Waals surface area contributed by atoms with Gasteiger partial charge in [-0.15, -0.1) is 0 Å². The lowest BCUT2D eigenvalue weighted by Crippen LogP contribution is -2.38. The van der Waals surface area contributed by atoms with E-state index in [1.165, 1.54) is 10.5 Å². The zero-order valence-electron chi connectivity index (χ0n) is 13.5. The van der Waals surface area contributed by atoms with E-state index in [4.69, 9.17) is 9.47 Å². The van der Waals surface area contributed by atoms with Crippen LogP contribution in [0.25, 0.3) is 0 Å². The predicted octanol–water partition coefficient (Wildman–Crippen LogP) is 1.01. The third-order valence-electron chi connectivity index (χ3n) is 3.57. The molecule has 0 fully saturated rings. The van der Waals surface area contributed by atoms with Gasteiger partial charge in [0.25, 0.3) is 5.91 Å². The number of nitrogens with one attached hydrogen (secondary N) is 1. The van der Waals surface area contributed by atoms with Crippen molar-refractivity contribution in [2.75, 3.05) is 30.4 Å². The van der Waals surface area contributed by atoms with E-state index in [1.807, 2.05) is 0 Å². The summed E-state index contributed by atoms with van der Waals surface area (Å²) in [4.78, 5) is 15.9. The highest BCUT2D eigenvalue weighted by Gasteiger charge is 2.21. The van der Waals surface area contributed by atoms with Crippen LogP contribution in [0.2, 0.25) is 0 Å². The molecule has 0 radical (unpaired) electrons. The number of rotatable bonds is 6. The fourth-order valence-corrected chi connectivity index (χ4v) is 3.32. The van der Waals surface area contributed by atoms with Gasteiger partial charge in [-0.05, 0) is 24.3 Å². The van der Waals surface area contributed by atoms with Crippen LogP contribution >= 0.6 is 0 Å². The first-order chi connectivity index (χ1) is 11.9. The highest BCUT2D eigenvalue weighted by molar-refractivity contribution is 7.92. The maximum atomic E-state index is 12.1. The van der Waals surface area contributed by atoms with Crippen molar-refractivity contribution in [3.63, 3.8) is 0 Å². The number of hydrogen-bond acceptors (Lipinski definition) is 6. The van der Waals surface area contributed by atoms with Gasteiger partial charge in [-0.2, -0.15) is 0 Å². The number of amides is 1. The fourth-order valence-electron chi connectivity index (χ4n) is 2.40. The molecule has 8 nitrogen and oxygen atoms in total. The van der Waals surface area contributed by atoms with Crippen LogP contribution in [0, 0.1) is 0 Å². The molecule has 2 heterocycles. The van der Waals surface area contributed by atoms with Crippen LogP contribution in [0.4, 0.5) is 5.69 Å². The molecular formula is C16H17N3O5S. The lowest BCUT2D eigenvalue weighted by atomic mass is 10.2. The summed E-state index contributed by atoms with van der Waals surface area (Å²) in [5, 5.41) is 2.68. The molecule has 132 valence electrons. The molecule has 0 spiro atoms. The number of benzene rings is 1. The normalized spacial score (nSPS) is 12.7.